The molecule has 0 amide bonds. The second kappa shape index (κ2) is 5.26. The molecule has 0 radical (unpaired) electrons. The smallest absolute Gasteiger partial charge is 0.241 e. The number of nitrogens with one attached hydrogen (secondary N) is 1. The Morgan fingerprint density at radius 1 is 1.20 bits per heavy atom. The molecule has 1 aromatic carbocycles. The van der Waals surface area contributed by atoms with Gasteiger partial charge in [-0.25, -0.2) is 4.98 Å². The molecule has 0 unspecified atom stereocenters. The first kappa shape index (κ1) is 12.6. The summed E-state index contributed by atoms with van der Waals surface area (Å²) in [5.74, 6) is 0.803. The number of halogens is 1. The lowest BCUT2D eigenvalue weighted by atomic mass is 10.2. The average Bonchev–Trinajstić information content (AvgIpc) is 2.91. The van der Waals surface area contributed by atoms with Gasteiger partial charge in [-0.3, -0.25) is 4.57 Å². The van der Waals surface area contributed by atoms with Gasteiger partial charge in [0.25, 0.3) is 0 Å². The van der Waals surface area contributed by atoms with Crippen LogP contribution in [0.2, 0.25) is 5.28 Å². The molecule has 2 heterocycles. The Morgan fingerprint density at radius 2 is 2.10 bits per heavy atom. The second-order valence-electron chi connectivity index (χ2n) is 4.19. The fourth-order valence-electron chi connectivity index (χ4n) is 1.74. The summed E-state index contributed by atoms with van der Waals surface area (Å²) in [5, 5.41) is 3.23. The van der Waals surface area contributed by atoms with E-state index < -0.39 is 0 Å². The maximum Gasteiger partial charge on any atom is 0.241 e. The number of rotatable bonds is 3. The molecule has 0 saturated carbocycles. The molecule has 3 aromatic rings. The molecule has 2 aromatic heterocycles. The summed E-state index contributed by atoms with van der Waals surface area (Å²) >= 11 is 5.93. The Labute approximate surface area is 120 Å². The van der Waals surface area contributed by atoms with Crippen LogP contribution in [0.4, 0.5) is 11.6 Å². The SMILES string of the molecule is Cc1cccc(Nc2nc(Cl)nc(-n3ccnc3)n2)c1. The summed E-state index contributed by atoms with van der Waals surface area (Å²) in [6.07, 6.45) is 4.98. The Hall–Kier alpha value is -2.47. The number of hydrogen-bond donors (Lipinski definition) is 1. The van der Waals surface area contributed by atoms with Crippen molar-refractivity contribution in [2.45, 2.75) is 6.92 Å². The third-order valence-corrected chi connectivity index (χ3v) is 2.77. The first-order valence-corrected chi connectivity index (χ1v) is 6.32. The molecule has 100 valence electrons. The molecule has 0 spiro atoms. The van der Waals surface area contributed by atoms with Crippen molar-refractivity contribution in [3.63, 3.8) is 0 Å². The molecule has 7 heteroatoms. The van der Waals surface area contributed by atoms with E-state index in [2.05, 4.69) is 25.3 Å². The van der Waals surface area contributed by atoms with Crippen molar-refractivity contribution in [1.29, 1.82) is 0 Å². The largest absolute Gasteiger partial charge is 0.324 e. The normalized spacial score (nSPS) is 10.5. The predicted molar refractivity (Wildman–Crippen MR) is 76.4 cm³/mol. The molecule has 0 aliphatic carbocycles. The van der Waals surface area contributed by atoms with E-state index in [1.807, 2.05) is 31.2 Å². The average molecular weight is 287 g/mol. The number of imidazole rings is 1. The van der Waals surface area contributed by atoms with Gasteiger partial charge in [0.05, 0.1) is 0 Å². The number of benzene rings is 1. The van der Waals surface area contributed by atoms with E-state index >= 15 is 0 Å². The monoisotopic (exact) mass is 286 g/mol. The van der Waals surface area contributed by atoms with Crippen molar-refractivity contribution in [3.8, 4) is 5.95 Å². The molecule has 1 N–H and O–H groups in total. The van der Waals surface area contributed by atoms with Crippen molar-refractivity contribution in [2.24, 2.45) is 0 Å². The van der Waals surface area contributed by atoms with E-state index in [0.29, 0.717) is 11.9 Å². The Kier molecular flexibility index (Phi) is 3.30. The molecule has 3 rings (SSSR count). The molecule has 0 atom stereocenters. The standard InChI is InChI=1S/C13H11ClN6/c1-9-3-2-4-10(7-9)16-12-17-11(14)18-13(19-12)20-6-5-15-8-20/h2-8H,1H3,(H,16,17,18,19). The van der Waals surface area contributed by atoms with E-state index in [1.54, 1.807) is 23.3 Å². The summed E-state index contributed by atoms with van der Waals surface area (Å²) < 4.78 is 1.66. The number of anilines is 2. The zero-order valence-electron chi connectivity index (χ0n) is 10.7. The molecule has 0 aliphatic heterocycles. The van der Waals surface area contributed by atoms with Crippen LogP contribution in [-0.2, 0) is 0 Å². The minimum atomic E-state index is 0.124. The molecule has 0 aliphatic rings. The van der Waals surface area contributed by atoms with Gasteiger partial charge in [0.1, 0.15) is 6.33 Å². The zero-order valence-corrected chi connectivity index (χ0v) is 11.4. The number of aryl methyl sites for hydroxylation is 1. The molecular formula is C13H11ClN6. The molecule has 0 fully saturated rings. The van der Waals surface area contributed by atoms with Gasteiger partial charge in [0, 0.05) is 18.1 Å². The summed E-state index contributed by atoms with van der Waals surface area (Å²) in [6, 6.07) is 7.90. The van der Waals surface area contributed by atoms with Crippen LogP contribution in [0.1, 0.15) is 5.56 Å². The minimum Gasteiger partial charge on any atom is -0.324 e. The van der Waals surface area contributed by atoms with Gasteiger partial charge >= 0.3 is 0 Å². The van der Waals surface area contributed by atoms with Crippen LogP contribution in [0.15, 0.2) is 43.0 Å². The number of nitrogens with zero attached hydrogens (tertiary/aromatic N) is 5. The number of aromatic nitrogens is 5. The van der Waals surface area contributed by atoms with E-state index in [0.717, 1.165) is 11.3 Å². The van der Waals surface area contributed by atoms with Crippen LogP contribution in [0, 0.1) is 6.92 Å². The fraction of sp³-hybridized carbons (Fsp3) is 0.0769. The molecule has 0 bridgehead atoms. The van der Waals surface area contributed by atoms with Gasteiger partial charge < -0.3 is 5.32 Å². The highest BCUT2D eigenvalue weighted by Gasteiger charge is 2.07. The lowest BCUT2D eigenvalue weighted by molar-refractivity contribution is 0.899. The van der Waals surface area contributed by atoms with Crippen LogP contribution in [0.3, 0.4) is 0 Å². The van der Waals surface area contributed by atoms with Crippen LogP contribution >= 0.6 is 11.6 Å². The zero-order chi connectivity index (χ0) is 13.9. The Morgan fingerprint density at radius 3 is 2.85 bits per heavy atom. The van der Waals surface area contributed by atoms with Crippen molar-refractivity contribution in [2.75, 3.05) is 5.32 Å². The van der Waals surface area contributed by atoms with Crippen LogP contribution in [0.5, 0.6) is 0 Å². The highest BCUT2D eigenvalue weighted by molar-refractivity contribution is 6.28. The first-order valence-electron chi connectivity index (χ1n) is 5.94. The first-order chi connectivity index (χ1) is 9.70. The van der Waals surface area contributed by atoms with Gasteiger partial charge in [0.15, 0.2) is 0 Å². The second-order valence-corrected chi connectivity index (χ2v) is 4.53. The summed E-state index contributed by atoms with van der Waals surface area (Å²) in [5.41, 5.74) is 2.04. The van der Waals surface area contributed by atoms with Crippen LogP contribution < -0.4 is 5.32 Å². The minimum absolute atomic E-state index is 0.124. The maximum absolute atomic E-state index is 5.93. The van der Waals surface area contributed by atoms with Crippen molar-refractivity contribution < 1.29 is 0 Å². The third kappa shape index (κ3) is 2.75. The van der Waals surface area contributed by atoms with Gasteiger partial charge in [-0.15, -0.1) is 0 Å². The topological polar surface area (TPSA) is 68.5 Å². The third-order valence-electron chi connectivity index (χ3n) is 2.61. The van der Waals surface area contributed by atoms with Crippen molar-refractivity contribution in [1.82, 2.24) is 24.5 Å². The highest BCUT2D eigenvalue weighted by atomic mass is 35.5. The number of hydrogen-bond acceptors (Lipinski definition) is 5. The molecular weight excluding hydrogens is 276 g/mol. The summed E-state index contributed by atoms with van der Waals surface area (Å²) in [6.45, 7) is 2.02. The predicted octanol–water partition coefficient (Wildman–Crippen LogP) is 2.76. The van der Waals surface area contributed by atoms with E-state index in [1.165, 1.54) is 0 Å². The van der Waals surface area contributed by atoms with E-state index in [9.17, 15) is 0 Å². The van der Waals surface area contributed by atoms with Crippen LogP contribution in [-0.4, -0.2) is 24.5 Å². The van der Waals surface area contributed by atoms with Gasteiger partial charge in [-0.2, -0.15) is 15.0 Å². The fourth-order valence-corrected chi connectivity index (χ4v) is 1.90. The summed E-state index contributed by atoms with van der Waals surface area (Å²) in [7, 11) is 0. The quantitative estimate of drug-likeness (QED) is 0.802. The van der Waals surface area contributed by atoms with Gasteiger partial charge in [-0.1, -0.05) is 12.1 Å². The molecule has 0 saturated heterocycles. The van der Waals surface area contributed by atoms with E-state index in [4.69, 9.17) is 11.6 Å². The van der Waals surface area contributed by atoms with E-state index in [-0.39, 0.29) is 5.28 Å². The van der Waals surface area contributed by atoms with Gasteiger partial charge in [0.2, 0.25) is 17.2 Å². The van der Waals surface area contributed by atoms with Crippen molar-refractivity contribution >= 4 is 23.2 Å². The lowest BCUT2D eigenvalue weighted by Crippen LogP contribution is -2.05. The molecule has 6 nitrogen and oxygen atoms in total. The maximum atomic E-state index is 5.93. The van der Waals surface area contributed by atoms with Crippen molar-refractivity contribution in [3.05, 3.63) is 53.8 Å². The molecule has 20 heavy (non-hydrogen) atoms. The van der Waals surface area contributed by atoms with Gasteiger partial charge in [-0.05, 0) is 36.2 Å². The highest BCUT2D eigenvalue weighted by Crippen LogP contribution is 2.16. The lowest BCUT2D eigenvalue weighted by Gasteiger charge is -2.07. The van der Waals surface area contributed by atoms with Crippen LogP contribution in [0.25, 0.3) is 5.95 Å². The Bertz CT molecular complexity index is 725. The Balaban J connectivity index is 1.94. The summed E-state index contributed by atoms with van der Waals surface area (Å²) in [4.78, 5) is 16.4.